The molecule has 4 rings (SSSR count). The number of likely N-dealkylation sites (tertiary alicyclic amines) is 1. The standard InChI is InChI=1S/C24H25Cl2FN2O3/c1-23(2,3)11-17-24(14-9-8-12(25)10-16(14)28-22(24)32)18(20(21(30)31)29(17)4)13-6-5-7-15(26)19(13)27/h5-10,17-18,20H,11H2,1-4H3,(H,28,32)(H,30,31)/t17-,18-,20+,24?/m0/s1. The second kappa shape index (κ2) is 7.72. The first-order valence-corrected chi connectivity index (χ1v) is 11.2. The quantitative estimate of drug-likeness (QED) is 0.626. The summed E-state index contributed by atoms with van der Waals surface area (Å²) in [7, 11) is 1.70. The van der Waals surface area contributed by atoms with Crippen LogP contribution in [0.3, 0.4) is 0 Å². The number of halogens is 3. The third-order valence-electron chi connectivity index (χ3n) is 6.69. The van der Waals surface area contributed by atoms with Gasteiger partial charge in [0, 0.05) is 22.7 Å². The topological polar surface area (TPSA) is 69.6 Å². The fraction of sp³-hybridized carbons (Fsp3) is 0.417. The zero-order valence-corrected chi connectivity index (χ0v) is 19.8. The minimum Gasteiger partial charge on any atom is -0.480 e. The lowest BCUT2D eigenvalue weighted by molar-refractivity contribution is -0.142. The van der Waals surface area contributed by atoms with E-state index in [1.807, 2.05) is 20.8 Å². The van der Waals surface area contributed by atoms with Crippen LogP contribution in [0, 0.1) is 11.2 Å². The average Bonchev–Trinajstić information content (AvgIpc) is 3.09. The lowest BCUT2D eigenvalue weighted by atomic mass is 9.62. The van der Waals surface area contributed by atoms with Gasteiger partial charge in [0.05, 0.1) is 5.02 Å². The maximum absolute atomic E-state index is 15.4. The van der Waals surface area contributed by atoms with Crippen LogP contribution in [0.1, 0.15) is 44.2 Å². The molecule has 4 atom stereocenters. The number of anilines is 1. The summed E-state index contributed by atoms with van der Waals surface area (Å²) in [5.41, 5.74) is -0.302. The van der Waals surface area contributed by atoms with Crippen molar-refractivity contribution in [2.24, 2.45) is 5.41 Å². The van der Waals surface area contributed by atoms with E-state index in [0.29, 0.717) is 22.7 Å². The molecular weight excluding hydrogens is 454 g/mol. The highest BCUT2D eigenvalue weighted by molar-refractivity contribution is 6.31. The molecule has 1 fully saturated rings. The smallest absolute Gasteiger partial charge is 0.321 e. The van der Waals surface area contributed by atoms with E-state index < -0.39 is 35.2 Å². The zero-order chi connectivity index (χ0) is 23.6. The number of hydrogen-bond acceptors (Lipinski definition) is 3. The zero-order valence-electron chi connectivity index (χ0n) is 18.2. The monoisotopic (exact) mass is 478 g/mol. The van der Waals surface area contributed by atoms with Gasteiger partial charge in [0.2, 0.25) is 5.91 Å². The van der Waals surface area contributed by atoms with Crippen LogP contribution in [0.2, 0.25) is 10.0 Å². The highest BCUT2D eigenvalue weighted by Gasteiger charge is 2.68. The van der Waals surface area contributed by atoms with Crippen molar-refractivity contribution in [1.29, 1.82) is 0 Å². The van der Waals surface area contributed by atoms with Crippen molar-refractivity contribution in [2.75, 3.05) is 12.4 Å². The van der Waals surface area contributed by atoms with E-state index in [1.165, 1.54) is 12.1 Å². The largest absolute Gasteiger partial charge is 0.480 e. The van der Waals surface area contributed by atoms with Crippen LogP contribution in [-0.4, -0.2) is 41.0 Å². The SMILES string of the molecule is CN1[C@@H](CC(C)(C)C)C2(C(=O)Nc3cc(Cl)ccc32)[C@@H](c2cccc(Cl)c2F)[C@@H]1C(=O)O. The van der Waals surface area contributed by atoms with Gasteiger partial charge in [-0.05, 0) is 48.2 Å². The Kier molecular flexibility index (Phi) is 5.55. The van der Waals surface area contributed by atoms with Gasteiger partial charge in [-0.3, -0.25) is 14.5 Å². The van der Waals surface area contributed by atoms with Crippen LogP contribution in [0.25, 0.3) is 0 Å². The molecule has 1 saturated heterocycles. The van der Waals surface area contributed by atoms with E-state index >= 15 is 4.39 Å². The Bertz CT molecular complexity index is 1120. The molecule has 0 aliphatic carbocycles. The van der Waals surface area contributed by atoms with E-state index in [2.05, 4.69) is 5.32 Å². The Morgan fingerprint density at radius 1 is 1.25 bits per heavy atom. The highest BCUT2D eigenvalue weighted by atomic mass is 35.5. The molecule has 2 N–H and O–H groups in total. The fourth-order valence-electron chi connectivity index (χ4n) is 5.55. The summed E-state index contributed by atoms with van der Waals surface area (Å²) in [6.45, 7) is 6.10. The maximum atomic E-state index is 15.4. The van der Waals surface area contributed by atoms with Crippen molar-refractivity contribution in [3.63, 3.8) is 0 Å². The number of carbonyl (C=O) groups is 2. The van der Waals surface area contributed by atoms with Crippen LogP contribution in [0.5, 0.6) is 0 Å². The van der Waals surface area contributed by atoms with Crippen molar-refractivity contribution < 1.29 is 19.1 Å². The first-order valence-electron chi connectivity index (χ1n) is 10.4. The van der Waals surface area contributed by atoms with Crippen LogP contribution in [0.4, 0.5) is 10.1 Å². The number of hydrogen-bond donors (Lipinski definition) is 2. The second-order valence-corrected chi connectivity index (χ2v) is 10.7. The number of likely N-dealkylation sites (N-methyl/N-ethyl adjacent to an activating group) is 1. The average molecular weight is 479 g/mol. The molecule has 0 aromatic heterocycles. The van der Waals surface area contributed by atoms with Crippen molar-refractivity contribution in [3.05, 3.63) is 63.4 Å². The minimum atomic E-state index is -1.34. The lowest BCUT2D eigenvalue weighted by Gasteiger charge is -2.39. The Labute approximate surface area is 196 Å². The number of carbonyl (C=O) groups excluding carboxylic acids is 1. The van der Waals surface area contributed by atoms with Crippen LogP contribution in [-0.2, 0) is 15.0 Å². The number of carboxylic acids is 1. The molecule has 1 spiro atoms. The molecule has 2 aromatic rings. The first-order chi connectivity index (χ1) is 14.9. The van der Waals surface area contributed by atoms with Crippen molar-refractivity contribution in [3.8, 4) is 0 Å². The molecule has 0 radical (unpaired) electrons. The van der Waals surface area contributed by atoms with Crippen LogP contribution < -0.4 is 5.32 Å². The molecule has 1 amide bonds. The summed E-state index contributed by atoms with van der Waals surface area (Å²) in [6, 6.07) is 7.96. The van der Waals surface area contributed by atoms with Gasteiger partial charge < -0.3 is 10.4 Å². The summed E-state index contributed by atoms with van der Waals surface area (Å²) < 4.78 is 15.4. The van der Waals surface area contributed by atoms with Crippen molar-refractivity contribution in [1.82, 2.24) is 4.90 Å². The molecule has 5 nitrogen and oxygen atoms in total. The molecular formula is C24H25Cl2FN2O3. The number of amides is 1. The molecule has 2 heterocycles. The highest BCUT2D eigenvalue weighted by Crippen LogP contribution is 2.59. The van der Waals surface area contributed by atoms with E-state index in [4.69, 9.17) is 23.2 Å². The Morgan fingerprint density at radius 3 is 2.56 bits per heavy atom. The van der Waals surface area contributed by atoms with Gasteiger partial charge >= 0.3 is 5.97 Å². The van der Waals surface area contributed by atoms with E-state index in [0.717, 1.165) is 0 Å². The Balaban J connectivity index is 2.09. The summed E-state index contributed by atoms with van der Waals surface area (Å²) >= 11 is 12.3. The fourth-order valence-corrected chi connectivity index (χ4v) is 5.91. The van der Waals surface area contributed by atoms with Gasteiger partial charge in [-0.25, -0.2) is 4.39 Å². The second-order valence-electron chi connectivity index (χ2n) is 9.86. The van der Waals surface area contributed by atoms with Crippen LogP contribution >= 0.6 is 23.2 Å². The van der Waals surface area contributed by atoms with E-state index in [-0.39, 0.29) is 21.9 Å². The van der Waals surface area contributed by atoms with E-state index in [1.54, 1.807) is 36.2 Å². The van der Waals surface area contributed by atoms with Gasteiger partial charge in [0.15, 0.2) is 0 Å². The number of fused-ring (bicyclic) bond motifs is 2. The summed E-state index contributed by atoms with van der Waals surface area (Å²) in [5.74, 6) is -3.19. The van der Waals surface area contributed by atoms with Crippen molar-refractivity contribution >= 4 is 40.8 Å². The molecule has 2 aliphatic rings. The molecule has 8 heteroatoms. The number of rotatable bonds is 3. The molecule has 0 saturated carbocycles. The third kappa shape index (κ3) is 3.31. The van der Waals surface area contributed by atoms with Gasteiger partial charge in [0.1, 0.15) is 17.3 Å². The number of carboxylic acid groups (broad SMARTS) is 1. The third-order valence-corrected chi connectivity index (χ3v) is 7.22. The number of benzene rings is 2. The number of nitrogens with zero attached hydrogens (tertiary/aromatic N) is 1. The Morgan fingerprint density at radius 2 is 1.94 bits per heavy atom. The Hall–Kier alpha value is -2.15. The predicted octanol–water partition coefficient (Wildman–Crippen LogP) is 5.31. The number of aliphatic carboxylic acids is 1. The summed E-state index contributed by atoms with van der Waals surface area (Å²) in [6.07, 6.45) is 0.515. The molecule has 32 heavy (non-hydrogen) atoms. The van der Waals surface area contributed by atoms with Gasteiger partial charge in [0.25, 0.3) is 0 Å². The normalized spacial score (nSPS) is 27.6. The maximum Gasteiger partial charge on any atom is 0.321 e. The van der Waals surface area contributed by atoms with Gasteiger partial charge in [-0.1, -0.05) is 62.2 Å². The van der Waals surface area contributed by atoms with Crippen molar-refractivity contribution in [2.45, 2.75) is 50.6 Å². The summed E-state index contributed by atoms with van der Waals surface area (Å²) in [4.78, 5) is 28.1. The minimum absolute atomic E-state index is 0.113. The van der Waals surface area contributed by atoms with Gasteiger partial charge in [-0.2, -0.15) is 0 Å². The molecule has 0 bridgehead atoms. The molecule has 2 aromatic carbocycles. The number of nitrogens with one attached hydrogen (secondary N) is 1. The first kappa shape index (κ1) is 23.0. The van der Waals surface area contributed by atoms with Crippen LogP contribution in [0.15, 0.2) is 36.4 Å². The molecule has 2 aliphatic heterocycles. The predicted molar refractivity (Wildman–Crippen MR) is 123 cm³/mol. The van der Waals surface area contributed by atoms with Gasteiger partial charge in [-0.15, -0.1) is 0 Å². The molecule has 170 valence electrons. The lowest BCUT2D eigenvalue weighted by Crippen LogP contribution is -2.50. The molecule has 1 unspecified atom stereocenters. The van der Waals surface area contributed by atoms with E-state index in [9.17, 15) is 14.7 Å². The summed E-state index contributed by atoms with van der Waals surface area (Å²) in [5, 5.41) is 13.5.